The number of carbonyl (C=O) groups is 1. The Balaban J connectivity index is 1.60. The summed E-state index contributed by atoms with van der Waals surface area (Å²) in [5.74, 6) is -0.744. The maximum Gasteiger partial charge on any atom is 0.262 e. The monoisotopic (exact) mass is 462 g/mol. The number of ether oxygens (including phenoxy) is 1. The van der Waals surface area contributed by atoms with Crippen molar-refractivity contribution >= 4 is 38.9 Å². The average Bonchev–Trinajstić information content (AvgIpc) is 2.68. The fourth-order valence-electron chi connectivity index (χ4n) is 2.88. The molecule has 0 saturated carbocycles. The molecule has 0 heterocycles. The normalized spacial score (nSPS) is 11.1. The summed E-state index contributed by atoms with van der Waals surface area (Å²) in [4.78, 5) is 12.0. The van der Waals surface area contributed by atoms with Gasteiger partial charge in [0.1, 0.15) is 11.6 Å². The van der Waals surface area contributed by atoms with Crippen LogP contribution in [-0.2, 0) is 14.8 Å². The van der Waals surface area contributed by atoms with Crippen LogP contribution in [0, 0.1) is 19.7 Å². The Kier molecular flexibility index (Phi) is 6.82. The molecule has 0 fully saturated rings. The fraction of sp³-hybridized carbons (Fsp3) is 0.136. The molecule has 0 aliphatic heterocycles. The topological polar surface area (TPSA) is 84.5 Å². The van der Waals surface area contributed by atoms with E-state index in [0.717, 1.165) is 17.2 Å². The summed E-state index contributed by atoms with van der Waals surface area (Å²) >= 11 is 5.68. The van der Waals surface area contributed by atoms with Gasteiger partial charge in [-0.15, -0.1) is 0 Å². The number of halogens is 2. The fourth-order valence-corrected chi connectivity index (χ4v) is 4.10. The minimum absolute atomic E-state index is 0.0596. The van der Waals surface area contributed by atoms with Crippen LogP contribution in [0.4, 0.5) is 15.8 Å². The van der Waals surface area contributed by atoms with E-state index in [1.807, 2.05) is 19.9 Å². The lowest BCUT2D eigenvalue weighted by Crippen LogP contribution is -2.20. The van der Waals surface area contributed by atoms with Crippen LogP contribution in [0.3, 0.4) is 0 Å². The quantitative estimate of drug-likeness (QED) is 0.522. The molecule has 0 bridgehead atoms. The van der Waals surface area contributed by atoms with E-state index < -0.39 is 21.7 Å². The first kappa shape index (κ1) is 22.6. The molecule has 31 heavy (non-hydrogen) atoms. The van der Waals surface area contributed by atoms with Gasteiger partial charge in [0, 0.05) is 11.4 Å². The van der Waals surface area contributed by atoms with Crippen molar-refractivity contribution in [2.45, 2.75) is 18.7 Å². The zero-order valence-electron chi connectivity index (χ0n) is 16.8. The van der Waals surface area contributed by atoms with Gasteiger partial charge in [0.15, 0.2) is 6.61 Å². The third-order valence-electron chi connectivity index (χ3n) is 4.18. The van der Waals surface area contributed by atoms with Crippen LogP contribution in [0.5, 0.6) is 5.75 Å². The molecular formula is C22H20ClFN2O4S. The minimum Gasteiger partial charge on any atom is -0.484 e. The molecule has 0 aliphatic carbocycles. The van der Waals surface area contributed by atoms with Gasteiger partial charge >= 0.3 is 0 Å². The molecule has 6 nitrogen and oxygen atoms in total. The maximum absolute atomic E-state index is 13.2. The molecule has 0 aromatic heterocycles. The van der Waals surface area contributed by atoms with Crippen LogP contribution in [0.1, 0.15) is 11.1 Å². The second-order valence-electron chi connectivity index (χ2n) is 6.92. The van der Waals surface area contributed by atoms with Crippen molar-refractivity contribution in [2.75, 3.05) is 16.6 Å². The highest BCUT2D eigenvalue weighted by Gasteiger charge is 2.15. The summed E-state index contributed by atoms with van der Waals surface area (Å²) < 4.78 is 46.3. The summed E-state index contributed by atoms with van der Waals surface area (Å²) in [7, 11) is -3.77. The van der Waals surface area contributed by atoms with Crippen molar-refractivity contribution in [3.63, 3.8) is 0 Å². The van der Waals surface area contributed by atoms with Crippen molar-refractivity contribution in [1.29, 1.82) is 0 Å². The molecule has 0 spiro atoms. The molecule has 0 unspecified atom stereocenters. The number of rotatable bonds is 7. The van der Waals surface area contributed by atoms with Gasteiger partial charge in [0.05, 0.1) is 9.92 Å². The number of sulfonamides is 1. The summed E-state index contributed by atoms with van der Waals surface area (Å²) in [5, 5.41) is 2.42. The number of anilines is 2. The van der Waals surface area contributed by atoms with E-state index >= 15 is 0 Å². The van der Waals surface area contributed by atoms with Gasteiger partial charge < -0.3 is 10.1 Å². The van der Waals surface area contributed by atoms with Crippen molar-refractivity contribution < 1.29 is 22.3 Å². The summed E-state index contributed by atoms with van der Waals surface area (Å²) in [6.07, 6.45) is 0. The predicted molar refractivity (Wildman–Crippen MR) is 119 cm³/mol. The molecule has 0 atom stereocenters. The lowest BCUT2D eigenvalue weighted by Gasteiger charge is -2.11. The highest BCUT2D eigenvalue weighted by Crippen LogP contribution is 2.22. The molecular weight excluding hydrogens is 443 g/mol. The van der Waals surface area contributed by atoms with E-state index in [0.29, 0.717) is 17.1 Å². The molecule has 162 valence electrons. The number of hydrogen-bond acceptors (Lipinski definition) is 4. The molecule has 0 saturated heterocycles. The van der Waals surface area contributed by atoms with Gasteiger partial charge in [-0.25, -0.2) is 12.8 Å². The van der Waals surface area contributed by atoms with Crippen molar-refractivity contribution in [3.8, 4) is 5.75 Å². The van der Waals surface area contributed by atoms with E-state index in [1.54, 1.807) is 12.1 Å². The SMILES string of the molecule is Cc1cc(C)cc(NS(=O)(=O)c2ccc(OCC(=O)Nc3ccc(F)c(Cl)c3)cc2)c1. The predicted octanol–water partition coefficient (Wildman–Crippen LogP) is 4.91. The molecule has 3 rings (SSSR count). The van der Waals surface area contributed by atoms with E-state index in [9.17, 15) is 17.6 Å². The average molecular weight is 463 g/mol. The largest absolute Gasteiger partial charge is 0.484 e. The molecule has 3 aromatic carbocycles. The Hall–Kier alpha value is -3.10. The van der Waals surface area contributed by atoms with Gasteiger partial charge in [-0.1, -0.05) is 17.7 Å². The Morgan fingerprint density at radius 2 is 1.61 bits per heavy atom. The van der Waals surface area contributed by atoms with E-state index in [4.69, 9.17) is 16.3 Å². The smallest absolute Gasteiger partial charge is 0.262 e. The molecule has 3 aromatic rings. The summed E-state index contributed by atoms with van der Waals surface area (Å²) in [5.41, 5.74) is 2.71. The lowest BCUT2D eigenvalue weighted by atomic mass is 10.1. The summed E-state index contributed by atoms with van der Waals surface area (Å²) in [6.45, 7) is 3.46. The maximum atomic E-state index is 13.2. The standard InChI is InChI=1S/C22H20ClFN2O4S/c1-14-9-15(2)11-17(10-14)26-31(28,29)19-6-4-18(5-7-19)30-13-22(27)25-16-3-8-21(24)20(23)12-16/h3-12,26H,13H2,1-2H3,(H,25,27). The minimum atomic E-state index is -3.77. The molecule has 0 radical (unpaired) electrons. The number of amides is 1. The second-order valence-corrected chi connectivity index (χ2v) is 9.01. The highest BCUT2D eigenvalue weighted by atomic mass is 35.5. The highest BCUT2D eigenvalue weighted by molar-refractivity contribution is 7.92. The Bertz CT molecular complexity index is 1190. The van der Waals surface area contributed by atoms with Crippen LogP contribution < -0.4 is 14.8 Å². The molecule has 9 heteroatoms. The van der Waals surface area contributed by atoms with Gasteiger partial charge in [-0.05, 0) is 79.6 Å². The van der Waals surface area contributed by atoms with Crippen molar-refractivity contribution in [2.24, 2.45) is 0 Å². The van der Waals surface area contributed by atoms with Crippen LogP contribution in [0.25, 0.3) is 0 Å². The van der Waals surface area contributed by atoms with Gasteiger partial charge in [0.2, 0.25) is 0 Å². The van der Waals surface area contributed by atoms with Crippen LogP contribution in [0.15, 0.2) is 65.6 Å². The van der Waals surface area contributed by atoms with E-state index in [-0.39, 0.29) is 16.5 Å². The van der Waals surface area contributed by atoms with Crippen LogP contribution in [0.2, 0.25) is 5.02 Å². The number of nitrogens with one attached hydrogen (secondary N) is 2. The first-order chi connectivity index (χ1) is 14.6. The number of benzene rings is 3. The zero-order chi connectivity index (χ0) is 22.6. The zero-order valence-corrected chi connectivity index (χ0v) is 18.4. The second kappa shape index (κ2) is 9.36. The Morgan fingerprint density at radius 3 is 2.23 bits per heavy atom. The first-order valence-corrected chi connectivity index (χ1v) is 11.1. The summed E-state index contributed by atoms with van der Waals surface area (Å²) in [6, 6.07) is 14.9. The third kappa shape index (κ3) is 6.19. The lowest BCUT2D eigenvalue weighted by molar-refractivity contribution is -0.118. The molecule has 2 N–H and O–H groups in total. The first-order valence-electron chi connectivity index (χ1n) is 9.21. The Labute approximate surface area is 185 Å². The number of carbonyl (C=O) groups excluding carboxylic acids is 1. The van der Waals surface area contributed by atoms with Crippen molar-refractivity contribution in [3.05, 3.63) is 82.6 Å². The molecule has 0 aliphatic rings. The van der Waals surface area contributed by atoms with E-state index in [2.05, 4.69) is 10.0 Å². The van der Waals surface area contributed by atoms with Crippen LogP contribution >= 0.6 is 11.6 Å². The van der Waals surface area contributed by atoms with E-state index in [1.165, 1.54) is 36.4 Å². The number of hydrogen-bond donors (Lipinski definition) is 2. The Morgan fingerprint density at radius 1 is 0.968 bits per heavy atom. The van der Waals surface area contributed by atoms with Gasteiger partial charge in [-0.3, -0.25) is 9.52 Å². The van der Waals surface area contributed by atoms with Gasteiger partial charge in [-0.2, -0.15) is 0 Å². The number of aryl methyl sites for hydroxylation is 2. The van der Waals surface area contributed by atoms with Crippen LogP contribution in [-0.4, -0.2) is 20.9 Å². The van der Waals surface area contributed by atoms with Gasteiger partial charge in [0.25, 0.3) is 15.9 Å². The van der Waals surface area contributed by atoms with Crippen molar-refractivity contribution in [1.82, 2.24) is 0 Å². The molecule has 1 amide bonds. The third-order valence-corrected chi connectivity index (χ3v) is 5.87.